The maximum Gasteiger partial charge on any atom is 0.0943 e. The number of aliphatic hydroxyl groups is 1. The van der Waals surface area contributed by atoms with Crippen LogP contribution in [-0.2, 0) is 12.8 Å². The smallest absolute Gasteiger partial charge is 0.0943 e. The Morgan fingerprint density at radius 1 is 0.952 bits per heavy atom. The van der Waals surface area contributed by atoms with Crippen LogP contribution < -0.4 is 5.73 Å². The van der Waals surface area contributed by atoms with Crippen LogP contribution in [0.4, 0.5) is 0 Å². The maximum absolute atomic E-state index is 10.4. The van der Waals surface area contributed by atoms with Crippen molar-refractivity contribution >= 4 is 0 Å². The van der Waals surface area contributed by atoms with Crippen LogP contribution in [0.15, 0.2) is 54.6 Å². The standard InChI is InChI=1S/C19H25NO/c1-3-15-9-11-16(12-10-15)13-14(2)18(20)19(21)17-7-5-4-6-8-17/h4-12,14,18-19,21H,3,13,20H2,1-2H3. The Balaban J connectivity index is 2.00. The van der Waals surface area contributed by atoms with E-state index in [4.69, 9.17) is 5.73 Å². The van der Waals surface area contributed by atoms with Crippen molar-refractivity contribution in [1.82, 2.24) is 0 Å². The molecule has 0 aliphatic rings. The summed E-state index contributed by atoms with van der Waals surface area (Å²) in [5, 5.41) is 10.4. The molecule has 3 N–H and O–H groups in total. The molecule has 3 unspecified atom stereocenters. The van der Waals surface area contributed by atoms with E-state index in [0.717, 1.165) is 18.4 Å². The van der Waals surface area contributed by atoms with Gasteiger partial charge in [0, 0.05) is 6.04 Å². The van der Waals surface area contributed by atoms with Crippen molar-refractivity contribution in [3.05, 3.63) is 71.3 Å². The van der Waals surface area contributed by atoms with E-state index in [0.29, 0.717) is 0 Å². The Morgan fingerprint density at radius 2 is 1.52 bits per heavy atom. The molecule has 0 spiro atoms. The number of nitrogens with two attached hydrogens (primary N) is 1. The Kier molecular flexibility index (Phi) is 5.54. The molecule has 0 saturated carbocycles. The van der Waals surface area contributed by atoms with Gasteiger partial charge in [-0.1, -0.05) is 68.4 Å². The van der Waals surface area contributed by atoms with Gasteiger partial charge in [-0.25, -0.2) is 0 Å². The lowest BCUT2D eigenvalue weighted by molar-refractivity contribution is 0.121. The Hall–Kier alpha value is -1.64. The third-order valence-electron chi connectivity index (χ3n) is 4.15. The summed E-state index contributed by atoms with van der Waals surface area (Å²) in [7, 11) is 0. The first-order valence-electron chi connectivity index (χ1n) is 7.68. The first-order chi connectivity index (χ1) is 10.1. The minimum atomic E-state index is -0.615. The van der Waals surface area contributed by atoms with Gasteiger partial charge in [0.05, 0.1) is 6.10 Å². The van der Waals surface area contributed by atoms with Crippen LogP contribution in [0.25, 0.3) is 0 Å². The summed E-state index contributed by atoms with van der Waals surface area (Å²) in [6.07, 6.45) is 1.33. The molecule has 0 bridgehead atoms. The van der Waals surface area contributed by atoms with E-state index < -0.39 is 6.10 Å². The van der Waals surface area contributed by atoms with Crippen LogP contribution in [-0.4, -0.2) is 11.1 Å². The summed E-state index contributed by atoms with van der Waals surface area (Å²) in [6, 6.07) is 18.1. The van der Waals surface area contributed by atoms with E-state index in [1.54, 1.807) is 0 Å². The molecule has 2 nitrogen and oxygen atoms in total. The van der Waals surface area contributed by atoms with Crippen LogP contribution in [0.3, 0.4) is 0 Å². The van der Waals surface area contributed by atoms with Crippen molar-refractivity contribution in [2.45, 2.75) is 38.8 Å². The minimum absolute atomic E-state index is 0.215. The average molecular weight is 283 g/mol. The van der Waals surface area contributed by atoms with Crippen molar-refractivity contribution in [3.63, 3.8) is 0 Å². The Bertz CT molecular complexity index is 535. The molecule has 2 aromatic rings. The molecule has 0 aromatic heterocycles. The minimum Gasteiger partial charge on any atom is -0.387 e. The first kappa shape index (κ1) is 15.7. The van der Waals surface area contributed by atoms with Gasteiger partial charge in [-0.05, 0) is 35.4 Å². The summed E-state index contributed by atoms with van der Waals surface area (Å²) >= 11 is 0. The van der Waals surface area contributed by atoms with Gasteiger partial charge >= 0.3 is 0 Å². The number of benzene rings is 2. The number of aliphatic hydroxyl groups excluding tert-OH is 1. The average Bonchev–Trinajstić information content (AvgIpc) is 2.55. The predicted octanol–water partition coefficient (Wildman–Crippen LogP) is 3.49. The number of rotatable bonds is 6. The Labute approximate surface area is 127 Å². The summed E-state index contributed by atoms with van der Waals surface area (Å²) < 4.78 is 0. The molecule has 2 aromatic carbocycles. The van der Waals surface area contributed by atoms with Crippen molar-refractivity contribution < 1.29 is 5.11 Å². The maximum atomic E-state index is 10.4. The topological polar surface area (TPSA) is 46.2 Å². The van der Waals surface area contributed by atoms with E-state index in [1.165, 1.54) is 11.1 Å². The second-order valence-corrected chi connectivity index (χ2v) is 5.78. The molecule has 0 saturated heterocycles. The van der Waals surface area contributed by atoms with E-state index in [1.807, 2.05) is 30.3 Å². The molecule has 21 heavy (non-hydrogen) atoms. The van der Waals surface area contributed by atoms with Gasteiger partial charge in [0.2, 0.25) is 0 Å². The summed E-state index contributed by atoms with van der Waals surface area (Å²) in [4.78, 5) is 0. The highest BCUT2D eigenvalue weighted by Crippen LogP contribution is 2.22. The summed E-state index contributed by atoms with van der Waals surface area (Å²) in [5.41, 5.74) is 9.75. The molecule has 0 amide bonds. The lowest BCUT2D eigenvalue weighted by Gasteiger charge is -2.25. The van der Waals surface area contributed by atoms with E-state index >= 15 is 0 Å². The zero-order chi connectivity index (χ0) is 15.2. The van der Waals surface area contributed by atoms with Gasteiger partial charge in [-0.15, -0.1) is 0 Å². The van der Waals surface area contributed by atoms with E-state index in [-0.39, 0.29) is 12.0 Å². The van der Waals surface area contributed by atoms with Crippen LogP contribution >= 0.6 is 0 Å². The van der Waals surface area contributed by atoms with Crippen LogP contribution in [0.5, 0.6) is 0 Å². The molecule has 2 heteroatoms. The zero-order valence-electron chi connectivity index (χ0n) is 12.9. The van der Waals surface area contributed by atoms with Gasteiger partial charge < -0.3 is 10.8 Å². The molecule has 112 valence electrons. The highest BCUT2D eigenvalue weighted by Gasteiger charge is 2.22. The van der Waals surface area contributed by atoms with Crippen molar-refractivity contribution in [3.8, 4) is 0 Å². The number of hydrogen-bond donors (Lipinski definition) is 2. The highest BCUT2D eigenvalue weighted by atomic mass is 16.3. The summed E-state index contributed by atoms with van der Waals surface area (Å²) in [6.45, 7) is 4.26. The quantitative estimate of drug-likeness (QED) is 0.852. The van der Waals surface area contributed by atoms with Crippen LogP contribution in [0, 0.1) is 5.92 Å². The highest BCUT2D eigenvalue weighted by molar-refractivity contribution is 5.24. The van der Waals surface area contributed by atoms with Gasteiger partial charge in [-0.2, -0.15) is 0 Å². The second kappa shape index (κ2) is 7.39. The molecular weight excluding hydrogens is 258 g/mol. The molecule has 2 rings (SSSR count). The van der Waals surface area contributed by atoms with E-state index in [9.17, 15) is 5.11 Å². The molecule has 0 heterocycles. The molecule has 0 fully saturated rings. The molecule has 0 aliphatic carbocycles. The third-order valence-corrected chi connectivity index (χ3v) is 4.15. The van der Waals surface area contributed by atoms with Gasteiger partial charge in [-0.3, -0.25) is 0 Å². The molecular formula is C19H25NO. The lowest BCUT2D eigenvalue weighted by atomic mass is 9.88. The molecule has 3 atom stereocenters. The largest absolute Gasteiger partial charge is 0.387 e. The monoisotopic (exact) mass is 283 g/mol. The second-order valence-electron chi connectivity index (χ2n) is 5.78. The van der Waals surface area contributed by atoms with Crippen molar-refractivity contribution in [2.75, 3.05) is 0 Å². The van der Waals surface area contributed by atoms with Gasteiger partial charge in [0.15, 0.2) is 0 Å². The number of aryl methyl sites for hydroxylation is 1. The normalized spacial score (nSPS) is 15.4. The van der Waals surface area contributed by atoms with Crippen molar-refractivity contribution in [1.29, 1.82) is 0 Å². The Morgan fingerprint density at radius 3 is 2.10 bits per heavy atom. The molecule has 0 radical (unpaired) electrons. The van der Waals surface area contributed by atoms with E-state index in [2.05, 4.69) is 38.1 Å². The van der Waals surface area contributed by atoms with Gasteiger partial charge in [0.1, 0.15) is 0 Å². The fourth-order valence-corrected chi connectivity index (χ4v) is 2.60. The predicted molar refractivity (Wildman–Crippen MR) is 88.1 cm³/mol. The SMILES string of the molecule is CCc1ccc(CC(C)C(N)C(O)c2ccccc2)cc1. The first-order valence-corrected chi connectivity index (χ1v) is 7.68. The van der Waals surface area contributed by atoms with Crippen LogP contribution in [0.1, 0.15) is 36.6 Å². The lowest BCUT2D eigenvalue weighted by Crippen LogP contribution is -2.36. The summed E-state index contributed by atoms with van der Waals surface area (Å²) in [5.74, 6) is 0.215. The fraction of sp³-hybridized carbons (Fsp3) is 0.368. The third kappa shape index (κ3) is 4.16. The van der Waals surface area contributed by atoms with Gasteiger partial charge in [0.25, 0.3) is 0 Å². The van der Waals surface area contributed by atoms with Crippen molar-refractivity contribution in [2.24, 2.45) is 11.7 Å². The van der Waals surface area contributed by atoms with Crippen LogP contribution in [0.2, 0.25) is 0 Å². The fourth-order valence-electron chi connectivity index (χ4n) is 2.60. The zero-order valence-corrected chi connectivity index (χ0v) is 12.9. The number of hydrogen-bond acceptors (Lipinski definition) is 2. The molecule has 0 aliphatic heterocycles.